The summed E-state index contributed by atoms with van der Waals surface area (Å²) in [6.45, 7) is 3.32. The van der Waals surface area contributed by atoms with E-state index in [-0.39, 0.29) is 18.0 Å². The minimum atomic E-state index is -0.264. The predicted octanol–water partition coefficient (Wildman–Crippen LogP) is 0.663. The van der Waals surface area contributed by atoms with Crippen LogP contribution in [-0.2, 0) is 20.8 Å². The smallest absolute Gasteiger partial charge is 0.245 e. The van der Waals surface area contributed by atoms with Gasteiger partial charge in [0.05, 0.1) is 36.0 Å². The minimum absolute atomic E-state index is 0.0735. The van der Waals surface area contributed by atoms with E-state index >= 15 is 0 Å². The number of nitrogens with zero attached hydrogens (tertiary/aromatic N) is 3. The number of morpholine rings is 1. The summed E-state index contributed by atoms with van der Waals surface area (Å²) in [4.78, 5) is 14.4. The van der Waals surface area contributed by atoms with Gasteiger partial charge in [-0.1, -0.05) is 0 Å². The minimum Gasteiger partial charge on any atom is -0.379 e. The van der Waals surface area contributed by atoms with Crippen LogP contribution < -0.4 is 0 Å². The fraction of sp³-hybridized carbons (Fsp3) is 0.667. The van der Waals surface area contributed by atoms with E-state index in [1.165, 1.54) is 0 Å². The number of aromatic nitrogens is 2. The molecule has 19 heavy (non-hydrogen) atoms. The summed E-state index contributed by atoms with van der Waals surface area (Å²) in [5, 5.41) is 4.13. The van der Waals surface area contributed by atoms with E-state index in [2.05, 4.69) is 21.0 Å². The van der Waals surface area contributed by atoms with Crippen LogP contribution in [0.5, 0.6) is 0 Å². The average molecular weight is 330 g/mol. The van der Waals surface area contributed by atoms with Crippen LogP contribution in [-0.4, -0.2) is 59.1 Å². The lowest BCUT2D eigenvalue weighted by molar-refractivity contribution is -0.150. The Hall–Kier alpha value is -0.920. The van der Waals surface area contributed by atoms with Crippen molar-refractivity contribution >= 4 is 21.8 Å². The van der Waals surface area contributed by atoms with E-state index < -0.39 is 0 Å². The van der Waals surface area contributed by atoms with Gasteiger partial charge in [0.1, 0.15) is 6.54 Å². The van der Waals surface area contributed by atoms with Gasteiger partial charge in [-0.25, -0.2) is 0 Å². The van der Waals surface area contributed by atoms with Crippen LogP contribution in [0, 0.1) is 0 Å². The topological polar surface area (TPSA) is 56.6 Å². The normalized spacial score (nSPS) is 27.1. The average Bonchev–Trinajstić information content (AvgIpc) is 3.00. The molecule has 1 unspecified atom stereocenters. The molecule has 104 valence electrons. The Balaban J connectivity index is 1.73. The number of ether oxygens (including phenoxy) is 2. The van der Waals surface area contributed by atoms with E-state index in [1.54, 1.807) is 17.1 Å². The molecule has 0 N–H and O–H groups in total. The molecule has 1 amide bonds. The van der Waals surface area contributed by atoms with E-state index in [4.69, 9.17) is 9.47 Å². The molecule has 0 saturated carbocycles. The van der Waals surface area contributed by atoms with Crippen molar-refractivity contribution < 1.29 is 14.3 Å². The molecule has 0 aromatic carbocycles. The number of hydrogen-bond donors (Lipinski definition) is 0. The summed E-state index contributed by atoms with van der Waals surface area (Å²) < 4.78 is 13.5. The van der Waals surface area contributed by atoms with Crippen molar-refractivity contribution in [3.05, 3.63) is 16.9 Å². The zero-order valence-electron chi connectivity index (χ0n) is 10.5. The van der Waals surface area contributed by atoms with Gasteiger partial charge in [-0.3, -0.25) is 9.48 Å². The zero-order valence-corrected chi connectivity index (χ0v) is 12.1. The number of hydrogen-bond acceptors (Lipinski definition) is 4. The second-order valence-corrected chi connectivity index (χ2v) is 5.90. The fourth-order valence-corrected chi connectivity index (χ4v) is 3.02. The quantitative estimate of drug-likeness (QED) is 0.800. The van der Waals surface area contributed by atoms with Crippen molar-refractivity contribution in [3.63, 3.8) is 0 Å². The van der Waals surface area contributed by atoms with Gasteiger partial charge in [-0.2, -0.15) is 5.10 Å². The maximum atomic E-state index is 12.5. The Kier molecular flexibility index (Phi) is 3.60. The van der Waals surface area contributed by atoms with Crippen molar-refractivity contribution in [1.29, 1.82) is 0 Å². The predicted molar refractivity (Wildman–Crippen MR) is 70.6 cm³/mol. The van der Waals surface area contributed by atoms with E-state index in [9.17, 15) is 4.79 Å². The van der Waals surface area contributed by atoms with Crippen LogP contribution in [0.25, 0.3) is 0 Å². The SMILES string of the molecule is O=C(Cn1cc(Br)cn1)N1CCOCC12CCOC2. The molecular formula is C12H16BrN3O3. The van der Waals surface area contributed by atoms with Crippen molar-refractivity contribution in [2.45, 2.75) is 18.5 Å². The van der Waals surface area contributed by atoms with Crippen molar-refractivity contribution in [2.24, 2.45) is 0 Å². The molecule has 0 radical (unpaired) electrons. The maximum Gasteiger partial charge on any atom is 0.245 e. The van der Waals surface area contributed by atoms with Crippen LogP contribution in [0.4, 0.5) is 0 Å². The van der Waals surface area contributed by atoms with Gasteiger partial charge in [-0.15, -0.1) is 0 Å². The van der Waals surface area contributed by atoms with Gasteiger partial charge in [0.15, 0.2) is 0 Å². The van der Waals surface area contributed by atoms with Gasteiger partial charge < -0.3 is 14.4 Å². The molecule has 0 aliphatic carbocycles. The molecule has 1 aromatic rings. The first-order chi connectivity index (χ1) is 9.20. The summed E-state index contributed by atoms with van der Waals surface area (Å²) >= 11 is 3.33. The lowest BCUT2D eigenvalue weighted by Gasteiger charge is -2.43. The second-order valence-electron chi connectivity index (χ2n) is 4.98. The highest BCUT2D eigenvalue weighted by Gasteiger charge is 2.45. The molecule has 2 aliphatic rings. The molecular weight excluding hydrogens is 314 g/mol. The highest BCUT2D eigenvalue weighted by atomic mass is 79.9. The van der Waals surface area contributed by atoms with E-state index in [0.717, 1.165) is 10.9 Å². The molecule has 1 atom stereocenters. The standard InChI is InChI=1S/C12H16BrN3O3/c13-10-5-14-15(6-10)7-11(17)16-2-4-19-9-12(16)1-3-18-8-12/h5-6H,1-4,7-9H2. The number of rotatable bonds is 2. The molecule has 1 spiro atoms. The second kappa shape index (κ2) is 5.22. The number of carbonyl (C=O) groups excluding carboxylic acids is 1. The highest BCUT2D eigenvalue weighted by molar-refractivity contribution is 9.10. The molecule has 2 aliphatic heterocycles. The molecule has 2 fully saturated rings. The first-order valence-corrected chi connectivity index (χ1v) is 7.13. The van der Waals surface area contributed by atoms with Gasteiger partial charge >= 0.3 is 0 Å². The summed E-state index contributed by atoms with van der Waals surface area (Å²) in [7, 11) is 0. The van der Waals surface area contributed by atoms with Crippen LogP contribution in [0.2, 0.25) is 0 Å². The lowest BCUT2D eigenvalue weighted by Crippen LogP contribution is -2.60. The molecule has 0 bridgehead atoms. The molecule has 3 heterocycles. The van der Waals surface area contributed by atoms with Crippen molar-refractivity contribution in [1.82, 2.24) is 14.7 Å². The number of halogens is 1. The Morgan fingerprint density at radius 3 is 2.89 bits per heavy atom. The highest BCUT2D eigenvalue weighted by Crippen LogP contribution is 2.29. The van der Waals surface area contributed by atoms with E-state index in [1.807, 2.05) is 4.90 Å². The third-order valence-electron chi connectivity index (χ3n) is 3.69. The Labute approximate surface area is 119 Å². The van der Waals surface area contributed by atoms with Gasteiger partial charge in [-0.05, 0) is 22.4 Å². The van der Waals surface area contributed by atoms with Crippen molar-refractivity contribution in [3.8, 4) is 0 Å². The number of amides is 1. The van der Waals surface area contributed by atoms with E-state index in [0.29, 0.717) is 33.0 Å². The molecule has 6 nitrogen and oxygen atoms in total. The summed E-state index contributed by atoms with van der Waals surface area (Å²) in [5.74, 6) is 0.0735. The first-order valence-electron chi connectivity index (χ1n) is 6.34. The summed E-state index contributed by atoms with van der Waals surface area (Å²) in [6, 6.07) is 0. The first kappa shape index (κ1) is 13.1. The fourth-order valence-electron chi connectivity index (χ4n) is 2.69. The van der Waals surface area contributed by atoms with Gasteiger partial charge in [0.2, 0.25) is 5.91 Å². The largest absolute Gasteiger partial charge is 0.379 e. The van der Waals surface area contributed by atoms with Gasteiger partial charge in [0, 0.05) is 19.3 Å². The lowest BCUT2D eigenvalue weighted by atomic mass is 9.95. The Bertz CT molecular complexity index is 471. The monoisotopic (exact) mass is 329 g/mol. The van der Waals surface area contributed by atoms with Crippen LogP contribution >= 0.6 is 15.9 Å². The van der Waals surface area contributed by atoms with Crippen LogP contribution in [0.3, 0.4) is 0 Å². The molecule has 3 rings (SSSR count). The molecule has 2 saturated heterocycles. The molecule has 7 heteroatoms. The van der Waals surface area contributed by atoms with Gasteiger partial charge in [0.25, 0.3) is 0 Å². The maximum absolute atomic E-state index is 12.5. The Morgan fingerprint density at radius 1 is 1.42 bits per heavy atom. The summed E-state index contributed by atoms with van der Waals surface area (Å²) in [6.07, 6.45) is 4.33. The third kappa shape index (κ3) is 2.54. The summed E-state index contributed by atoms with van der Waals surface area (Å²) in [5.41, 5.74) is -0.264. The van der Waals surface area contributed by atoms with Crippen LogP contribution in [0.15, 0.2) is 16.9 Å². The third-order valence-corrected chi connectivity index (χ3v) is 4.09. The van der Waals surface area contributed by atoms with Crippen molar-refractivity contribution in [2.75, 3.05) is 33.0 Å². The number of carbonyl (C=O) groups is 1. The molecule has 1 aromatic heterocycles. The van der Waals surface area contributed by atoms with Crippen LogP contribution in [0.1, 0.15) is 6.42 Å². The zero-order chi connectivity index (χ0) is 13.3. The Morgan fingerprint density at radius 2 is 2.21 bits per heavy atom.